The number of carbonyl (C=O) groups is 1. The zero-order valence-electron chi connectivity index (χ0n) is 12.2. The van der Waals surface area contributed by atoms with Gasteiger partial charge in [-0.15, -0.1) is 11.3 Å². The molecule has 1 aliphatic rings. The number of likely N-dealkylation sites (tertiary alicyclic amines) is 1. The topological polar surface area (TPSA) is 92.5 Å². The van der Waals surface area contributed by atoms with Crippen LogP contribution in [0, 0.1) is 5.92 Å². The quantitative estimate of drug-likeness (QED) is 0.856. The van der Waals surface area contributed by atoms with Crippen LogP contribution in [0.4, 0.5) is 0 Å². The van der Waals surface area contributed by atoms with Crippen LogP contribution in [0.3, 0.4) is 0 Å². The van der Waals surface area contributed by atoms with Crippen LogP contribution in [0.1, 0.15) is 29.4 Å². The number of nitrogens with two attached hydrogens (primary N) is 1. The van der Waals surface area contributed by atoms with E-state index in [0.717, 1.165) is 24.2 Å². The van der Waals surface area contributed by atoms with Crippen molar-refractivity contribution in [1.29, 1.82) is 0 Å². The molecular weight excluding hydrogens is 310 g/mol. The molecular formula is C13H21N3O3S2. The third kappa shape index (κ3) is 3.45. The molecule has 2 rings (SSSR count). The van der Waals surface area contributed by atoms with Crippen LogP contribution < -0.4 is 10.5 Å². The zero-order chi connectivity index (χ0) is 15.6. The minimum absolute atomic E-state index is 0.0349. The van der Waals surface area contributed by atoms with E-state index in [1.807, 2.05) is 0 Å². The Morgan fingerprint density at radius 1 is 1.57 bits per heavy atom. The molecule has 1 aromatic heterocycles. The van der Waals surface area contributed by atoms with E-state index in [2.05, 4.69) is 11.6 Å². The molecule has 0 aromatic carbocycles. The van der Waals surface area contributed by atoms with Crippen LogP contribution in [-0.4, -0.2) is 45.4 Å². The summed E-state index contributed by atoms with van der Waals surface area (Å²) in [7, 11) is -2.15. The van der Waals surface area contributed by atoms with Gasteiger partial charge in [-0.05, 0) is 31.9 Å². The third-order valence-electron chi connectivity index (χ3n) is 3.88. The number of carbonyl (C=O) groups excluding carboxylic acids is 1. The van der Waals surface area contributed by atoms with E-state index in [1.54, 1.807) is 4.90 Å². The molecule has 1 aliphatic heterocycles. The van der Waals surface area contributed by atoms with Crippen molar-refractivity contribution in [2.45, 2.75) is 30.7 Å². The first kappa shape index (κ1) is 16.4. The van der Waals surface area contributed by atoms with E-state index >= 15 is 0 Å². The third-order valence-corrected chi connectivity index (χ3v) is 6.34. The van der Waals surface area contributed by atoms with Crippen molar-refractivity contribution in [2.24, 2.45) is 11.7 Å². The van der Waals surface area contributed by atoms with Gasteiger partial charge in [-0.25, -0.2) is 13.1 Å². The molecule has 1 amide bonds. The molecule has 2 atom stereocenters. The molecule has 1 saturated heterocycles. The average molecular weight is 331 g/mol. The molecule has 1 aromatic rings. The maximum atomic E-state index is 12.6. The average Bonchev–Trinajstić information content (AvgIpc) is 2.97. The molecule has 0 radical (unpaired) electrons. The summed E-state index contributed by atoms with van der Waals surface area (Å²) in [4.78, 5) is 14.9. The molecule has 1 fully saturated rings. The van der Waals surface area contributed by atoms with Crippen LogP contribution >= 0.6 is 11.3 Å². The highest BCUT2D eigenvalue weighted by Gasteiger charge is 2.30. The van der Waals surface area contributed by atoms with Gasteiger partial charge in [-0.2, -0.15) is 0 Å². The van der Waals surface area contributed by atoms with Gasteiger partial charge >= 0.3 is 0 Å². The molecule has 118 valence electrons. The van der Waals surface area contributed by atoms with Crippen LogP contribution in [0.2, 0.25) is 0 Å². The molecule has 0 bridgehead atoms. The molecule has 2 heterocycles. The van der Waals surface area contributed by atoms with Gasteiger partial charge in [0.2, 0.25) is 10.0 Å². The number of nitrogens with one attached hydrogen (secondary N) is 1. The Labute approximate surface area is 129 Å². The number of hydrogen-bond acceptors (Lipinski definition) is 5. The number of rotatable bonds is 4. The van der Waals surface area contributed by atoms with Crippen molar-refractivity contribution in [3.05, 3.63) is 16.3 Å². The fourth-order valence-electron chi connectivity index (χ4n) is 2.57. The number of thiophene rings is 1. The zero-order valence-corrected chi connectivity index (χ0v) is 13.8. The highest BCUT2D eigenvalue weighted by atomic mass is 32.2. The van der Waals surface area contributed by atoms with Crippen molar-refractivity contribution in [2.75, 3.05) is 20.1 Å². The van der Waals surface area contributed by atoms with Crippen molar-refractivity contribution in [3.63, 3.8) is 0 Å². The van der Waals surface area contributed by atoms with Crippen LogP contribution in [0.5, 0.6) is 0 Å². The molecule has 6 nitrogen and oxygen atoms in total. The summed E-state index contributed by atoms with van der Waals surface area (Å²) >= 11 is 1.16. The maximum Gasteiger partial charge on any atom is 0.264 e. The Morgan fingerprint density at radius 2 is 2.29 bits per heavy atom. The largest absolute Gasteiger partial charge is 0.334 e. The second kappa shape index (κ2) is 6.43. The van der Waals surface area contributed by atoms with Crippen LogP contribution in [0.25, 0.3) is 0 Å². The van der Waals surface area contributed by atoms with Gasteiger partial charge in [0, 0.05) is 24.5 Å². The van der Waals surface area contributed by atoms with Crippen LogP contribution in [0.15, 0.2) is 16.3 Å². The predicted molar refractivity (Wildman–Crippen MR) is 82.8 cm³/mol. The SMILES string of the molecule is CNS(=O)(=O)c1csc(C(=O)N2CCC(C)CC2CN)c1. The summed E-state index contributed by atoms with van der Waals surface area (Å²) in [6.07, 6.45) is 1.85. The lowest BCUT2D eigenvalue weighted by atomic mass is 9.92. The standard InChI is InChI=1S/C13H21N3O3S2/c1-9-3-4-16(10(5-9)7-14)13(17)12-6-11(8-20-12)21(18,19)15-2/h6,8-10,15H,3-5,7,14H2,1-2H3. The summed E-state index contributed by atoms with van der Waals surface area (Å²) in [6.45, 7) is 3.27. The fourth-order valence-corrected chi connectivity index (χ4v) is 4.53. The lowest BCUT2D eigenvalue weighted by Gasteiger charge is -2.37. The van der Waals surface area contributed by atoms with E-state index in [1.165, 1.54) is 18.5 Å². The van der Waals surface area contributed by atoms with E-state index in [-0.39, 0.29) is 16.8 Å². The Kier molecular flexibility index (Phi) is 5.03. The van der Waals surface area contributed by atoms with E-state index in [0.29, 0.717) is 23.9 Å². The van der Waals surface area contributed by atoms with Crippen molar-refractivity contribution in [3.8, 4) is 0 Å². The van der Waals surface area contributed by atoms with Gasteiger partial charge in [-0.3, -0.25) is 4.79 Å². The van der Waals surface area contributed by atoms with Gasteiger partial charge in [0.25, 0.3) is 5.91 Å². The molecule has 8 heteroatoms. The van der Waals surface area contributed by atoms with Crippen molar-refractivity contribution >= 4 is 27.3 Å². The summed E-state index contributed by atoms with van der Waals surface area (Å²) in [5.74, 6) is 0.436. The Bertz CT molecular complexity index is 612. The summed E-state index contributed by atoms with van der Waals surface area (Å²) < 4.78 is 25.7. The van der Waals surface area contributed by atoms with Gasteiger partial charge < -0.3 is 10.6 Å². The van der Waals surface area contributed by atoms with Crippen LogP contribution in [-0.2, 0) is 10.0 Å². The highest BCUT2D eigenvalue weighted by molar-refractivity contribution is 7.89. The summed E-state index contributed by atoms with van der Waals surface area (Å²) in [5.41, 5.74) is 5.77. The van der Waals surface area contributed by atoms with Crippen molar-refractivity contribution < 1.29 is 13.2 Å². The smallest absolute Gasteiger partial charge is 0.264 e. The van der Waals surface area contributed by atoms with Gasteiger partial charge in [-0.1, -0.05) is 6.92 Å². The number of sulfonamides is 1. The van der Waals surface area contributed by atoms with Gasteiger partial charge in [0.1, 0.15) is 0 Å². The first-order chi connectivity index (χ1) is 9.89. The van der Waals surface area contributed by atoms with Gasteiger partial charge in [0.05, 0.1) is 9.77 Å². The molecule has 21 heavy (non-hydrogen) atoms. The maximum absolute atomic E-state index is 12.6. The summed E-state index contributed by atoms with van der Waals surface area (Å²) in [5, 5.41) is 1.49. The first-order valence-corrected chi connectivity index (χ1v) is 9.28. The normalized spacial score (nSPS) is 23.3. The van der Waals surface area contributed by atoms with Gasteiger partial charge in [0.15, 0.2) is 0 Å². The predicted octanol–water partition coefficient (Wildman–Crippen LogP) is 0.856. The molecule has 2 unspecified atom stereocenters. The number of piperidine rings is 1. The Balaban J connectivity index is 2.20. The van der Waals surface area contributed by atoms with E-state index < -0.39 is 10.0 Å². The van der Waals surface area contributed by atoms with Crippen molar-refractivity contribution in [1.82, 2.24) is 9.62 Å². The monoisotopic (exact) mass is 331 g/mol. The lowest BCUT2D eigenvalue weighted by molar-refractivity contribution is 0.0578. The second-order valence-corrected chi connectivity index (χ2v) is 8.17. The van der Waals surface area contributed by atoms with E-state index in [4.69, 9.17) is 5.73 Å². The molecule has 0 saturated carbocycles. The highest BCUT2D eigenvalue weighted by Crippen LogP contribution is 2.26. The second-order valence-electron chi connectivity index (χ2n) is 5.37. The molecule has 0 spiro atoms. The number of hydrogen-bond donors (Lipinski definition) is 2. The summed E-state index contributed by atoms with van der Waals surface area (Å²) in [6, 6.07) is 1.47. The number of nitrogens with zero attached hydrogens (tertiary/aromatic N) is 1. The Morgan fingerprint density at radius 3 is 2.90 bits per heavy atom. The lowest BCUT2D eigenvalue weighted by Crippen LogP contribution is -2.49. The number of amides is 1. The molecule has 3 N–H and O–H groups in total. The fraction of sp³-hybridized carbons (Fsp3) is 0.615. The van der Waals surface area contributed by atoms with E-state index in [9.17, 15) is 13.2 Å². The first-order valence-electron chi connectivity index (χ1n) is 6.92. The molecule has 0 aliphatic carbocycles. The Hall–Kier alpha value is -0.960. The minimum atomic E-state index is -3.50. The minimum Gasteiger partial charge on any atom is -0.334 e.